The molecular formula is C11H25NO2S. The van der Waals surface area contributed by atoms with Crippen LogP contribution in [-0.4, -0.2) is 32.0 Å². The van der Waals surface area contributed by atoms with Crippen molar-refractivity contribution in [3.05, 3.63) is 0 Å². The summed E-state index contributed by atoms with van der Waals surface area (Å²) < 4.78 is 23.8. The second kappa shape index (κ2) is 7.23. The molecule has 92 valence electrons. The first-order chi connectivity index (χ1) is 6.99. The molecule has 0 heterocycles. The second-order valence-electron chi connectivity index (χ2n) is 4.00. The molecular weight excluding hydrogens is 210 g/mol. The monoisotopic (exact) mass is 235 g/mol. The van der Waals surface area contributed by atoms with Crippen molar-refractivity contribution in [3.8, 4) is 0 Å². The molecule has 0 radical (unpaired) electrons. The number of nitrogens with one attached hydrogen (secondary N) is 1. The summed E-state index contributed by atoms with van der Waals surface area (Å²) in [6.07, 6.45) is 2.57. The van der Waals surface area contributed by atoms with Gasteiger partial charge in [0.2, 0.25) is 0 Å². The van der Waals surface area contributed by atoms with Gasteiger partial charge in [0.1, 0.15) is 0 Å². The third-order valence-corrected chi connectivity index (χ3v) is 5.14. The highest BCUT2D eigenvalue weighted by atomic mass is 32.2. The molecule has 0 rings (SSSR count). The van der Waals surface area contributed by atoms with E-state index in [1.54, 1.807) is 0 Å². The largest absolute Gasteiger partial charge is 0.313 e. The van der Waals surface area contributed by atoms with Crippen molar-refractivity contribution < 1.29 is 8.42 Å². The van der Waals surface area contributed by atoms with Crippen molar-refractivity contribution in [2.24, 2.45) is 0 Å². The van der Waals surface area contributed by atoms with Crippen LogP contribution >= 0.6 is 0 Å². The Labute approximate surface area is 94.6 Å². The lowest BCUT2D eigenvalue weighted by Gasteiger charge is -2.23. The highest BCUT2D eigenvalue weighted by molar-refractivity contribution is 7.92. The van der Waals surface area contributed by atoms with Crippen LogP contribution in [0, 0.1) is 0 Å². The third-order valence-electron chi connectivity index (χ3n) is 2.82. The smallest absolute Gasteiger partial charge is 0.154 e. The van der Waals surface area contributed by atoms with Gasteiger partial charge in [-0.15, -0.1) is 0 Å². The van der Waals surface area contributed by atoms with Crippen LogP contribution in [0.5, 0.6) is 0 Å². The van der Waals surface area contributed by atoms with Gasteiger partial charge in [-0.3, -0.25) is 0 Å². The molecule has 15 heavy (non-hydrogen) atoms. The van der Waals surface area contributed by atoms with Crippen LogP contribution in [0.15, 0.2) is 0 Å². The predicted octanol–water partition coefficient (Wildman–Crippen LogP) is 1.98. The summed E-state index contributed by atoms with van der Waals surface area (Å²) in [4.78, 5) is 0. The number of unbranched alkanes of at least 4 members (excludes halogenated alkanes) is 1. The fraction of sp³-hybridized carbons (Fsp3) is 1.00. The maximum atomic E-state index is 11.9. The van der Waals surface area contributed by atoms with E-state index in [2.05, 4.69) is 5.32 Å². The molecule has 0 aromatic rings. The van der Waals surface area contributed by atoms with Gasteiger partial charge in [-0.25, -0.2) is 8.42 Å². The van der Waals surface area contributed by atoms with Crippen molar-refractivity contribution in [1.82, 2.24) is 5.32 Å². The van der Waals surface area contributed by atoms with Crippen molar-refractivity contribution in [1.29, 1.82) is 0 Å². The van der Waals surface area contributed by atoms with Crippen LogP contribution in [0.1, 0.15) is 47.0 Å². The van der Waals surface area contributed by atoms with E-state index in [-0.39, 0.29) is 11.3 Å². The minimum absolute atomic E-state index is 0.0943. The van der Waals surface area contributed by atoms with Gasteiger partial charge in [0.15, 0.2) is 9.84 Å². The van der Waals surface area contributed by atoms with E-state index >= 15 is 0 Å². The fourth-order valence-corrected chi connectivity index (χ4v) is 3.54. The molecule has 0 saturated carbocycles. The zero-order chi connectivity index (χ0) is 11.9. The Hall–Kier alpha value is -0.0900. The van der Waals surface area contributed by atoms with Crippen molar-refractivity contribution in [2.45, 2.75) is 58.2 Å². The first-order valence-corrected chi connectivity index (χ1v) is 7.66. The topological polar surface area (TPSA) is 46.2 Å². The molecule has 4 heteroatoms. The minimum atomic E-state index is -2.92. The van der Waals surface area contributed by atoms with Crippen LogP contribution in [0.2, 0.25) is 0 Å². The lowest BCUT2D eigenvalue weighted by atomic mass is 10.2. The molecule has 2 unspecified atom stereocenters. The number of hydrogen-bond acceptors (Lipinski definition) is 3. The Kier molecular flexibility index (Phi) is 7.18. The number of hydrogen-bond donors (Lipinski definition) is 1. The summed E-state index contributed by atoms with van der Waals surface area (Å²) in [6, 6.07) is 0.0943. The highest BCUT2D eigenvalue weighted by Gasteiger charge is 2.26. The lowest BCUT2D eigenvalue weighted by molar-refractivity contribution is 0.482. The van der Waals surface area contributed by atoms with Crippen LogP contribution in [0.4, 0.5) is 0 Å². The van der Waals surface area contributed by atoms with E-state index in [1.165, 1.54) is 0 Å². The average Bonchev–Trinajstić information content (AvgIpc) is 2.22. The molecule has 1 N–H and O–H groups in total. The lowest BCUT2D eigenvalue weighted by Crippen LogP contribution is -2.42. The average molecular weight is 235 g/mol. The van der Waals surface area contributed by atoms with Gasteiger partial charge in [-0.1, -0.05) is 27.2 Å². The third kappa shape index (κ3) is 4.98. The fourth-order valence-electron chi connectivity index (χ4n) is 1.69. The summed E-state index contributed by atoms with van der Waals surface area (Å²) in [6.45, 7) is 8.70. The Morgan fingerprint density at radius 2 is 1.80 bits per heavy atom. The minimum Gasteiger partial charge on any atom is -0.313 e. The molecule has 0 aromatic carbocycles. The predicted molar refractivity (Wildman–Crippen MR) is 65.9 cm³/mol. The van der Waals surface area contributed by atoms with Gasteiger partial charge < -0.3 is 5.32 Å². The van der Waals surface area contributed by atoms with Gasteiger partial charge in [-0.05, 0) is 26.3 Å². The molecule has 0 aliphatic carbocycles. The maximum Gasteiger partial charge on any atom is 0.154 e. The Morgan fingerprint density at radius 3 is 2.20 bits per heavy atom. The van der Waals surface area contributed by atoms with Crippen molar-refractivity contribution in [3.63, 3.8) is 0 Å². The summed E-state index contributed by atoms with van der Waals surface area (Å²) in [7, 11) is -2.92. The second-order valence-corrected chi connectivity index (χ2v) is 6.48. The first-order valence-electron chi connectivity index (χ1n) is 5.94. The summed E-state index contributed by atoms with van der Waals surface area (Å²) in [5.41, 5.74) is 0. The van der Waals surface area contributed by atoms with Crippen LogP contribution in [0.25, 0.3) is 0 Å². The number of rotatable bonds is 8. The summed E-state index contributed by atoms with van der Waals surface area (Å²) >= 11 is 0. The van der Waals surface area contributed by atoms with Crippen LogP contribution in [-0.2, 0) is 9.84 Å². The van der Waals surface area contributed by atoms with E-state index in [1.807, 2.05) is 27.7 Å². The Balaban J connectivity index is 4.43. The normalized spacial score (nSPS) is 16.3. The van der Waals surface area contributed by atoms with Gasteiger partial charge in [0.25, 0.3) is 0 Å². The summed E-state index contributed by atoms with van der Waals surface area (Å²) in [5.74, 6) is 0.326. The van der Waals surface area contributed by atoms with E-state index in [4.69, 9.17) is 0 Å². The van der Waals surface area contributed by atoms with E-state index in [9.17, 15) is 8.42 Å². The van der Waals surface area contributed by atoms with E-state index < -0.39 is 9.84 Å². The van der Waals surface area contributed by atoms with Crippen molar-refractivity contribution >= 4 is 9.84 Å². The van der Waals surface area contributed by atoms with Gasteiger partial charge in [0, 0.05) is 6.04 Å². The maximum absolute atomic E-state index is 11.9. The van der Waals surface area contributed by atoms with Gasteiger partial charge in [0.05, 0.1) is 11.0 Å². The zero-order valence-corrected chi connectivity index (χ0v) is 11.2. The quantitative estimate of drug-likeness (QED) is 0.700. The molecule has 0 fully saturated rings. The van der Waals surface area contributed by atoms with Crippen LogP contribution in [0.3, 0.4) is 0 Å². The van der Waals surface area contributed by atoms with Gasteiger partial charge in [-0.2, -0.15) is 0 Å². The molecule has 0 aliphatic heterocycles. The zero-order valence-electron chi connectivity index (χ0n) is 10.4. The molecule has 0 amide bonds. The van der Waals surface area contributed by atoms with E-state index in [0.29, 0.717) is 5.75 Å². The van der Waals surface area contributed by atoms with Crippen molar-refractivity contribution in [2.75, 3.05) is 12.3 Å². The Bertz CT molecular complexity index is 249. The number of sulfone groups is 1. The summed E-state index contributed by atoms with van der Waals surface area (Å²) in [5, 5.41) is 2.97. The molecule has 0 bridgehead atoms. The molecule has 3 nitrogen and oxygen atoms in total. The highest BCUT2D eigenvalue weighted by Crippen LogP contribution is 2.12. The first kappa shape index (κ1) is 14.9. The van der Waals surface area contributed by atoms with E-state index in [0.717, 1.165) is 25.8 Å². The SMILES string of the molecule is CCCCS(=O)(=O)C(C)C(CC)NCC. The molecule has 0 spiro atoms. The van der Waals surface area contributed by atoms with Gasteiger partial charge >= 0.3 is 0 Å². The molecule has 0 aromatic heterocycles. The molecule has 2 atom stereocenters. The van der Waals surface area contributed by atoms with Crippen LogP contribution < -0.4 is 5.32 Å². The standard InChI is InChI=1S/C11H25NO2S/c1-5-8-9-15(13,14)10(4)11(6-2)12-7-3/h10-12H,5-9H2,1-4H3. The molecule has 0 aliphatic rings. The molecule has 0 saturated heterocycles. The Morgan fingerprint density at radius 1 is 1.20 bits per heavy atom.